The normalized spacial score (nSPS) is 10.7. The van der Waals surface area contributed by atoms with E-state index in [9.17, 15) is 4.79 Å². The number of halogens is 1. The molecule has 1 aromatic heterocycles. The third-order valence-corrected chi connectivity index (χ3v) is 3.76. The fourth-order valence-corrected chi connectivity index (χ4v) is 2.48. The van der Waals surface area contributed by atoms with Crippen molar-refractivity contribution in [2.24, 2.45) is 0 Å². The van der Waals surface area contributed by atoms with Crippen LogP contribution in [-0.2, 0) is 9.47 Å². The third kappa shape index (κ3) is 6.31. The van der Waals surface area contributed by atoms with E-state index < -0.39 is 0 Å². The fourth-order valence-electron chi connectivity index (χ4n) is 1.17. The molecule has 0 saturated carbocycles. The van der Waals surface area contributed by atoms with Crippen LogP contribution < -0.4 is 0 Å². The van der Waals surface area contributed by atoms with Crippen molar-refractivity contribution in [3.8, 4) is 0 Å². The predicted octanol–water partition coefficient (Wildman–Crippen LogP) is 3.53. The number of hydrogen-bond acceptors (Lipinski definition) is 4. The zero-order valence-electron chi connectivity index (χ0n) is 9.91. The van der Waals surface area contributed by atoms with Gasteiger partial charge in [0.2, 0.25) is 0 Å². The average molecular weight is 321 g/mol. The van der Waals surface area contributed by atoms with Gasteiger partial charge in [0.1, 0.15) is 6.61 Å². The van der Waals surface area contributed by atoms with Gasteiger partial charge in [-0.2, -0.15) is 0 Å². The van der Waals surface area contributed by atoms with Crippen molar-refractivity contribution >= 4 is 33.0 Å². The van der Waals surface area contributed by atoms with E-state index in [-0.39, 0.29) is 12.4 Å². The van der Waals surface area contributed by atoms with Gasteiger partial charge in [0, 0.05) is 6.61 Å². The van der Waals surface area contributed by atoms with Gasteiger partial charge in [-0.05, 0) is 34.5 Å². The van der Waals surface area contributed by atoms with E-state index in [4.69, 9.17) is 9.47 Å². The molecule has 0 aliphatic carbocycles. The summed E-state index contributed by atoms with van der Waals surface area (Å²) in [6.07, 6.45) is 2.20. The average Bonchev–Trinajstić information content (AvgIpc) is 2.74. The Labute approximate surface area is 114 Å². The highest BCUT2D eigenvalue weighted by Gasteiger charge is 2.08. The first-order chi connectivity index (χ1) is 8.24. The Morgan fingerprint density at radius 2 is 2.06 bits per heavy atom. The van der Waals surface area contributed by atoms with Gasteiger partial charge >= 0.3 is 0 Å². The molecule has 0 amide bonds. The molecule has 96 valence electrons. The Hall–Kier alpha value is -0.230. The van der Waals surface area contributed by atoms with Crippen molar-refractivity contribution in [2.75, 3.05) is 26.4 Å². The van der Waals surface area contributed by atoms with Gasteiger partial charge in [-0.1, -0.05) is 13.3 Å². The Kier molecular flexibility index (Phi) is 7.68. The molecule has 0 aliphatic heterocycles. The van der Waals surface area contributed by atoms with Crippen LogP contribution in [0.25, 0.3) is 0 Å². The summed E-state index contributed by atoms with van der Waals surface area (Å²) in [6.45, 7) is 4.05. The SMILES string of the molecule is CCCCOCCOCC(=O)c1ccc(Br)s1. The van der Waals surface area contributed by atoms with E-state index in [1.807, 2.05) is 6.07 Å². The molecular formula is C12H17BrO3S. The lowest BCUT2D eigenvalue weighted by molar-refractivity contribution is 0.0434. The first-order valence-corrected chi connectivity index (χ1v) is 7.29. The minimum absolute atomic E-state index is 0.0225. The number of ketones is 1. The Morgan fingerprint density at radius 3 is 2.71 bits per heavy atom. The Bertz CT molecular complexity index is 338. The van der Waals surface area contributed by atoms with E-state index in [2.05, 4.69) is 22.9 Å². The predicted molar refractivity (Wildman–Crippen MR) is 72.9 cm³/mol. The minimum Gasteiger partial charge on any atom is -0.379 e. The molecule has 0 spiro atoms. The lowest BCUT2D eigenvalue weighted by Crippen LogP contribution is -2.12. The van der Waals surface area contributed by atoms with Gasteiger partial charge in [0.05, 0.1) is 21.9 Å². The number of rotatable bonds is 9. The summed E-state index contributed by atoms with van der Waals surface area (Å²) in [7, 11) is 0. The van der Waals surface area contributed by atoms with Gasteiger partial charge in [0.25, 0.3) is 0 Å². The summed E-state index contributed by atoms with van der Waals surface area (Å²) < 4.78 is 11.5. The molecular weight excluding hydrogens is 304 g/mol. The second-order valence-corrected chi connectivity index (χ2v) is 6.01. The maximum Gasteiger partial charge on any atom is 0.198 e. The quantitative estimate of drug-likeness (QED) is 0.516. The Morgan fingerprint density at radius 1 is 1.29 bits per heavy atom. The first-order valence-electron chi connectivity index (χ1n) is 5.68. The number of ether oxygens (including phenoxy) is 2. The molecule has 1 heterocycles. The maximum absolute atomic E-state index is 11.6. The number of Topliss-reactive ketones (excluding diaryl/α,β-unsaturated/α-hetero) is 1. The van der Waals surface area contributed by atoms with Crippen LogP contribution in [0.5, 0.6) is 0 Å². The van der Waals surface area contributed by atoms with E-state index >= 15 is 0 Å². The number of carbonyl (C=O) groups is 1. The molecule has 0 bridgehead atoms. The van der Waals surface area contributed by atoms with Crippen LogP contribution in [0.2, 0.25) is 0 Å². The van der Waals surface area contributed by atoms with Gasteiger partial charge in [-0.3, -0.25) is 4.79 Å². The molecule has 0 atom stereocenters. The zero-order chi connectivity index (χ0) is 12.5. The van der Waals surface area contributed by atoms with Crippen molar-refractivity contribution in [2.45, 2.75) is 19.8 Å². The highest BCUT2D eigenvalue weighted by Crippen LogP contribution is 2.22. The number of unbranched alkanes of at least 4 members (excludes halogenated alkanes) is 1. The molecule has 3 nitrogen and oxygen atoms in total. The van der Waals surface area contributed by atoms with Gasteiger partial charge in [-0.25, -0.2) is 0 Å². The molecule has 1 aromatic rings. The lowest BCUT2D eigenvalue weighted by Gasteiger charge is -2.04. The highest BCUT2D eigenvalue weighted by molar-refractivity contribution is 9.11. The largest absolute Gasteiger partial charge is 0.379 e. The topological polar surface area (TPSA) is 35.5 Å². The highest BCUT2D eigenvalue weighted by atomic mass is 79.9. The lowest BCUT2D eigenvalue weighted by atomic mass is 10.3. The molecule has 5 heteroatoms. The Balaban J connectivity index is 2.05. The number of thiophene rings is 1. The van der Waals surface area contributed by atoms with Crippen molar-refractivity contribution in [3.63, 3.8) is 0 Å². The van der Waals surface area contributed by atoms with Gasteiger partial charge in [-0.15, -0.1) is 11.3 Å². The summed E-state index contributed by atoms with van der Waals surface area (Å²) in [5.41, 5.74) is 0. The summed E-state index contributed by atoms with van der Waals surface area (Å²) in [6, 6.07) is 3.67. The van der Waals surface area contributed by atoms with Gasteiger partial charge in [0.15, 0.2) is 5.78 Å². The molecule has 1 rings (SSSR count). The van der Waals surface area contributed by atoms with Crippen LogP contribution in [0, 0.1) is 0 Å². The summed E-state index contributed by atoms with van der Waals surface area (Å²) in [5, 5.41) is 0. The third-order valence-electron chi connectivity index (χ3n) is 2.10. The second kappa shape index (κ2) is 8.80. The summed E-state index contributed by atoms with van der Waals surface area (Å²) in [4.78, 5) is 12.3. The van der Waals surface area contributed by atoms with Gasteiger partial charge < -0.3 is 9.47 Å². The number of hydrogen-bond donors (Lipinski definition) is 0. The molecule has 0 fully saturated rings. The van der Waals surface area contributed by atoms with Crippen molar-refractivity contribution < 1.29 is 14.3 Å². The van der Waals surface area contributed by atoms with Crippen molar-refractivity contribution in [1.82, 2.24) is 0 Å². The summed E-state index contributed by atoms with van der Waals surface area (Å²) in [5.74, 6) is 0.0225. The van der Waals surface area contributed by atoms with E-state index in [0.717, 1.165) is 28.1 Å². The first kappa shape index (κ1) is 14.8. The molecule has 0 aliphatic rings. The molecule has 0 N–H and O–H groups in total. The smallest absolute Gasteiger partial charge is 0.198 e. The maximum atomic E-state index is 11.6. The molecule has 0 saturated heterocycles. The fraction of sp³-hybridized carbons (Fsp3) is 0.583. The molecule has 0 aromatic carbocycles. The standard InChI is InChI=1S/C12H17BrO3S/c1-2-3-6-15-7-8-16-9-10(14)11-4-5-12(13)17-11/h4-5H,2-3,6-9H2,1H3. The van der Waals surface area contributed by atoms with E-state index in [1.165, 1.54) is 11.3 Å². The zero-order valence-corrected chi connectivity index (χ0v) is 12.3. The number of carbonyl (C=O) groups excluding carboxylic acids is 1. The molecule has 17 heavy (non-hydrogen) atoms. The summed E-state index contributed by atoms with van der Waals surface area (Å²) >= 11 is 4.75. The minimum atomic E-state index is 0.0225. The van der Waals surface area contributed by atoms with E-state index in [1.54, 1.807) is 6.07 Å². The van der Waals surface area contributed by atoms with Crippen LogP contribution in [0.1, 0.15) is 29.4 Å². The monoisotopic (exact) mass is 320 g/mol. The van der Waals surface area contributed by atoms with Crippen LogP contribution in [-0.4, -0.2) is 32.2 Å². The molecule has 0 radical (unpaired) electrons. The van der Waals surface area contributed by atoms with Crippen LogP contribution in [0.3, 0.4) is 0 Å². The van der Waals surface area contributed by atoms with Crippen LogP contribution >= 0.6 is 27.3 Å². The van der Waals surface area contributed by atoms with E-state index in [0.29, 0.717) is 13.2 Å². The van der Waals surface area contributed by atoms with Crippen LogP contribution in [0.15, 0.2) is 15.9 Å². The molecule has 0 unspecified atom stereocenters. The van der Waals surface area contributed by atoms with Crippen LogP contribution in [0.4, 0.5) is 0 Å². The van der Waals surface area contributed by atoms with Crippen molar-refractivity contribution in [1.29, 1.82) is 0 Å². The van der Waals surface area contributed by atoms with Crippen molar-refractivity contribution in [3.05, 3.63) is 20.8 Å². The second-order valence-electron chi connectivity index (χ2n) is 3.55.